The second-order valence-electron chi connectivity index (χ2n) is 7.61. The van der Waals surface area contributed by atoms with Crippen molar-refractivity contribution in [2.75, 3.05) is 13.2 Å². The second kappa shape index (κ2) is 12.4. The van der Waals surface area contributed by atoms with Crippen molar-refractivity contribution >= 4 is 53.0 Å². The molecule has 2 heterocycles. The summed E-state index contributed by atoms with van der Waals surface area (Å²) in [6.45, 7) is 0.204. The first kappa shape index (κ1) is 26.3. The number of benzene rings is 1. The van der Waals surface area contributed by atoms with Crippen molar-refractivity contribution in [3.05, 3.63) is 63.5 Å². The quantitative estimate of drug-likeness (QED) is 0.349. The molecule has 1 aliphatic heterocycles. The number of amides is 3. The molecule has 0 aliphatic carbocycles. The summed E-state index contributed by atoms with van der Waals surface area (Å²) < 4.78 is 10.4. The monoisotopic (exact) mass is 523 g/mol. The number of rotatable bonds is 10. The molecule has 186 valence electrons. The van der Waals surface area contributed by atoms with Gasteiger partial charge in [-0.3, -0.25) is 14.4 Å². The Kier molecular flexibility index (Phi) is 9.30. The fourth-order valence-electron chi connectivity index (χ4n) is 3.27. The Morgan fingerprint density at radius 1 is 1.17 bits per heavy atom. The first-order chi connectivity index (χ1) is 16.7. The Bertz CT molecular complexity index is 1090. The summed E-state index contributed by atoms with van der Waals surface area (Å²) in [5.41, 5.74) is 0.396. The average Bonchev–Trinajstić information content (AvgIpc) is 3.52. The Labute approximate surface area is 210 Å². The highest BCUT2D eigenvalue weighted by Crippen LogP contribution is 2.27. The van der Waals surface area contributed by atoms with E-state index in [1.165, 1.54) is 30.5 Å². The zero-order valence-corrected chi connectivity index (χ0v) is 19.9. The van der Waals surface area contributed by atoms with E-state index in [-0.39, 0.29) is 34.6 Å². The number of ether oxygens (including phenoxy) is 1. The lowest BCUT2D eigenvalue weighted by molar-refractivity contribution is -0.139. The number of hydrogen-bond donors (Lipinski definition) is 4. The third kappa shape index (κ3) is 7.57. The standard InChI is InChI=1S/C23H23Cl2N3O7/c24-15-9-13(11-26-19(29)6-5-14-3-1-7-34-14)10-16(25)20(15)22(31)28-17(23(32)33)12-27-21(30)18-4-2-8-35-18/h1,3,5-7,9-10,17-18H,2,4,8,11-12H2,(H,26,29)(H,27,30)(H,28,31)(H,32,33)/t17-,18?/m0/s1. The lowest BCUT2D eigenvalue weighted by Crippen LogP contribution is -2.50. The van der Waals surface area contributed by atoms with Gasteiger partial charge in [0.05, 0.1) is 21.9 Å². The van der Waals surface area contributed by atoms with Crippen molar-refractivity contribution in [1.29, 1.82) is 0 Å². The molecule has 1 aliphatic rings. The highest BCUT2D eigenvalue weighted by molar-refractivity contribution is 6.39. The summed E-state index contributed by atoms with van der Waals surface area (Å²) >= 11 is 12.5. The number of carboxylic acid groups (broad SMARTS) is 1. The molecule has 1 aromatic carbocycles. The van der Waals surface area contributed by atoms with Gasteiger partial charge in [-0.05, 0) is 48.7 Å². The number of nitrogens with one attached hydrogen (secondary N) is 3. The van der Waals surface area contributed by atoms with Gasteiger partial charge in [-0.1, -0.05) is 23.2 Å². The molecule has 0 spiro atoms. The predicted molar refractivity (Wildman–Crippen MR) is 127 cm³/mol. The van der Waals surface area contributed by atoms with Crippen LogP contribution in [-0.2, 0) is 25.7 Å². The van der Waals surface area contributed by atoms with Crippen LogP contribution in [0.2, 0.25) is 10.0 Å². The first-order valence-corrected chi connectivity index (χ1v) is 11.4. The van der Waals surface area contributed by atoms with Gasteiger partial charge in [0.25, 0.3) is 5.91 Å². The van der Waals surface area contributed by atoms with Crippen molar-refractivity contribution in [2.24, 2.45) is 0 Å². The smallest absolute Gasteiger partial charge is 0.328 e. The average molecular weight is 524 g/mol. The molecule has 1 unspecified atom stereocenters. The highest BCUT2D eigenvalue weighted by Gasteiger charge is 2.27. The van der Waals surface area contributed by atoms with Crippen molar-refractivity contribution in [1.82, 2.24) is 16.0 Å². The van der Waals surface area contributed by atoms with Gasteiger partial charge >= 0.3 is 5.97 Å². The normalized spacial score (nSPS) is 16.1. The van der Waals surface area contributed by atoms with Crippen molar-refractivity contribution in [2.45, 2.75) is 31.5 Å². The third-order valence-electron chi connectivity index (χ3n) is 5.04. The van der Waals surface area contributed by atoms with E-state index < -0.39 is 29.9 Å². The Hall–Kier alpha value is -3.34. The van der Waals surface area contributed by atoms with Crippen LogP contribution in [0, 0.1) is 0 Å². The summed E-state index contributed by atoms with van der Waals surface area (Å²) in [5.74, 6) is -2.47. The van der Waals surface area contributed by atoms with Gasteiger partial charge in [0.1, 0.15) is 17.9 Å². The third-order valence-corrected chi connectivity index (χ3v) is 5.64. The lowest BCUT2D eigenvalue weighted by Gasteiger charge is -2.18. The molecule has 0 radical (unpaired) electrons. The van der Waals surface area contributed by atoms with E-state index >= 15 is 0 Å². The van der Waals surface area contributed by atoms with Crippen LogP contribution < -0.4 is 16.0 Å². The lowest BCUT2D eigenvalue weighted by atomic mass is 10.1. The minimum absolute atomic E-state index is 0.0297. The van der Waals surface area contributed by atoms with Gasteiger partial charge in [0.2, 0.25) is 11.8 Å². The summed E-state index contributed by atoms with van der Waals surface area (Å²) in [5, 5.41) is 16.8. The van der Waals surface area contributed by atoms with Crippen LogP contribution in [-0.4, -0.2) is 54.1 Å². The number of furan rings is 1. The molecule has 3 amide bonds. The summed E-state index contributed by atoms with van der Waals surface area (Å²) in [6, 6.07) is 4.85. The van der Waals surface area contributed by atoms with E-state index in [1.54, 1.807) is 12.1 Å². The van der Waals surface area contributed by atoms with Crippen LogP contribution in [0.1, 0.15) is 34.5 Å². The fourth-order valence-corrected chi connectivity index (χ4v) is 3.97. The van der Waals surface area contributed by atoms with E-state index in [1.807, 2.05) is 0 Å². The van der Waals surface area contributed by atoms with E-state index in [2.05, 4.69) is 16.0 Å². The van der Waals surface area contributed by atoms with Crippen molar-refractivity contribution in [3.8, 4) is 0 Å². The SMILES string of the molecule is O=C(C=Cc1ccco1)NCc1cc(Cl)c(C(=O)N[C@@H](CNC(=O)C2CCCO2)C(=O)O)c(Cl)c1. The Morgan fingerprint density at radius 2 is 1.91 bits per heavy atom. The second-order valence-corrected chi connectivity index (χ2v) is 8.43. The van der Waals surface area contributed by atoms with Gasteiger partial charge < -0.3 is 30.2 Å². The molecule has 1 saturated heterocycles. The number of aliphatic carboxylic acids is 1. The van der Waals surface area contributed by atoms with E-state index in [4.69, 9.17) is 32.4 Å². The number of hydrogen-bond acceptors (Lipinski definition) is 6. The maximum absolute atomic E-state index is 12.7. The Morgan fingerprint density at radius 3 is 2.51 bits per heavy atom. The largest absolute Gasteiger partial charge is 0.480 e. The number of halogens is 2. The highest BCUT2D eigenvalue weighted by atomic mass is 35.5. The first-order valence-electron chi connectivity index (χ1n) is 10.6. The van der Waals surface area contributed by atoms with Crippen LogP contribution in [0.5, 0.6) is 0 Å². The minimum Gasteiger partial charge on any atom is -0.480 e. The van der Waals surface area contributed by atoms with E-state index in [0.717, 1.165) is 6.42 Å². The van der Waals surface area contributed by atoms with Gasteiger partial charge in [0, 0.05) is 25.8 Å². The number of carbonyl (C=O) groups excluding carboxylic acids is 3. The maximum Gasteiger partial charge on any atom is 0.328 e. The van der Waals surface area contributed by atoms with Crippen LogP contribution in [0.25, 0.3) is 6.08 Å². The van der Waals surface area contributed by atoms with Gasteiger partial charge in [-0.25, -0.2) is 4.79 Å². The molecule has 0 bridgehead atoms. The molecule has 2 aromatic rings. The van der Waals surface area contributed by atoms with Crippen molar-refractivity contribution in [3.63, 3.8) is 0 Å². The van der Waals surface area contributed by atoms with Gasteiger partial charge in [-0.2, -0.15) is 0 Å². The van der Waals surface area contributed by atoms with E-state index in [9.17, 15) is 24.3 Å². The number of carbonyl (C=O) groups is 4. The van der Waals surface area contributed by atoms with Crippen LogP contribution in [0.15, 0.2) is 41.0 Å². The predicted octanol–water partition coefficient (Wildman–Crippen LogP) is 2.39. The molecule has 3 rings (SSSR count). The molecule has 2 atom stereocenters. The molecule has 12 heteroatoms. The van der Waals surface area contributed by atoms with Crippen LogP contribution in [0.4, 0.5) is 0 Å². The van der Waals surface area contributed by atoms with Crippen molar-refractivity contribution < 1.29 is 33.4 Å². The van der Waals surface area contributed by atoms with Gasteiger partial charge in [0.15, 0.2) is 0 Å². The zero-order valence-electron chi connectivity index (χ0n) is 18.4. The molecule has 1 fully saturated rings. The minimum atomic E-state index is -1.42. The molecule has 0 saturated carbocycles. The van der Waals surface area contributed by atoms with Gasteiger partial charge in [-0.15, -0.1) is 0 Å². The topological polar surface area (TPSA) is 147 Å². The van der Waals surface area contributed by atoms with Crippen LogP contribution >= 0.6 is 23.2 Å². The molecule has 35 heavy (non-hydrogen) atoms. The fraction of sp³-hybridized carbons (Fsp3) is 0.304. The number of carboxylic acids is 1. The molecular weight excluding hydrogens is 501 g/mol. The Balaban J connectivity index is 1.58. The molecular formula is C23H23Cl2N3O7. The van der Waals surface area contributed by atoms with Crippen LogP contribution in [0.3, 0.4) is 0 Å². The zero-order chi connectivity index (χ0) is 25.4. The molecule has 4 N–H and O–H groups in total. The molecule has 10 nitrogen and oxygen atoms in total. The summed E-state index contributed by atoms with van der Waals surface area (Å²) in [7, 11) is 0. The summed E-state index contributed by atoms with van der Waals surface area (Å²) in [4.78, 5) is 48.3. The van der Waals surface area contributed by atoms with E-state index in [0.29, 0.717) is 24.4 Å². The molecule has 1 aromatic heterocycles. The maximum atomic E-state index is 12.7. The summed E-state index contributed by atoms with van der Waals surface area (Å²) in [6.07, 6.45) is 4.96.